The van der Waals surface area contributed by atoms with Crippen LogP contribution >= 0.6 is 11.3 Å². The molecule has 1 fully saturated rings. The molecule has 7 heteroatoms. The number of rotatable bonds is 4. The van der Waals surface area contributed by atoms with Crippen molar-refractivity contribution in [1.29, 1.82) is 0 Å². The van der Waals surface area contributed by atoms with Gasteiger partial charge in [-0.3, -0.25) is 9.69 Å². The second-order valence-corrected chi connectivity index (χ2v) is 7.90. The number of anilines is 1. The summed E-state index contributed by atoms with van der Waals surface area (Å²) >= 11 is 1.62. The fourth-order valence-electron chi connectivity index (χ4n) is 3.28. The normalized spacial score (nSPS) is 17.6. The van der Waals surface area contributed by atoms with Crippen LogP contribution in [0.15, 0.2) is 30.6 Å². The number of thiazole rings is 1. The number of hydrogen-bond acceptors (Lipinski definition) is 5. The van der Waals surface area contributed by atoms with E-state index in [1.54, 1.807) is 11.3 Å². The zero-order valence-electron chi connectivity index (χ0n) is 13.8. The Hall–Kier alpha value is -2.25. The number of aromatic nitrogens is 3. The van der Waals surface area contributed by atoms with Crippen molar-refractivity contribution in [3.8, 4) is 0 Å². The van der Waals surface area contributed by atoms with Crippen LogP contribution in [0.4, 0.5) is 5.13 Å². The minimum Gasteiger partial charge on any atom is -0.307 e. The molecule has 2 aliphatic rings. The third kappa shape index (κ3) is 3.05. The Kier molecular flexibility index (Phi) is 3.57. The van der Waals surface area contributed by atoms with Gasteiger partial charge in [-0.05, 0) is 25.0 Å². The molecule has 0 saturated heterocycles. The molecule has 1 saturated carbocycles. The molecule has 1 aliphatic heterocycles. The summed E-state index contributed by atoms with van der Waals surface area (Å²) in [6.07, 6.45) is 7.09. The Labute approximate surface area is 149 Å². The van der Waals surface area contributed by atoms with Gasteiger partial charge >= 0.3 is 0 Å². The Bertz CT molecular complexity index is 909. The lowest BCUT2D eigenvalue weighted by molar-refractivity contribution is -0.117. The first-order chi connectivity index (χ1) is 12.2. The van der Waals surface area contributed by atoms with Crippen LogP contribution in [-0.2, 0) is 24.3 Å². The lowest BCUT2D eigenvalue weighted by Crippen LogP contribution is -2.29. The highest BCUT2D eigenvalue weighted by Gasteiger charge is 2.30. The van der Waals surface area contributed by atoms with E-state index in [1.165, 1.54) is 4.88 Å². The fourth-order valence-corrected chi connectivity index (χ4v) is 4.34. The van der Waals surface area contributed by atoms with E-state index in [4.69, 9.17) is 0 Å². The summed E-state index contributed by atoms with van der Waals surface area (Å²) in [6, 6.07) is 6.05. The van der Waals surface area contributed by atoms with Gasteiger partial charge in [0.25, 0.3) is 0 Å². The maximum absolute atomic E-state index is 11.9. The first kappa shape index (κ1) is 15.0. The van der Waals surface area contributed by atoms with Gasteiger partial charge in [0.05, 0.1) is 11.4 Å². The summed E-state index contributed by atoms with van der Waals surface area (Å²) in [6.45, 7) is 2.68. The molecule has 5 rings (SSSR count). The van der Waals surface area contributed by atoms with Crippen molar-refractivity contribution in [3.05, 3.63) is 46.9 Å². The molecule has 3 aromatic heterocycles. The molecule has 1 N–H and O–H groups in total. The van der Waals surface area contributed by atoms with Crippen LogP contribution < -0.4 is 5.32 Å². The van der Waals surface area contributed by atoms with E-state index in [2.05, 4.69) is 30.8 Å². The van der Waals surface area contributed by atoms with Gasteiger partial charge in [0.1, 0.15) is 5.65 Å². The Morgan fingerprint density at radius 1 is 1.32 bits per heavy atom. The van der Waals surface area contributed by atoms with Crippen LogP contribution in [0.5, 0.6) is 0 Å². The average Bonchev–Trinajstić information content (AvgIpc) is 3.26. The molecule has 0 bridgehead atoms. The van der Waals surface area contributed by atoms with Crippen molar-refractivity contribution in [2.45, 2.75) is 32.4 Å². The molecule has 4 heterocycles. The summed E-state index contributed by atoms with van der Waals surface area (Å²) in [5.41, 5.74) is 3.21. The maximum Gasteiger partial charge on any atom is 0.229 e. The number of amides is 1. The standard InChI is InChI=1S/C18H19N5OS/c24-17(12-4-5-12)21-18-20-14-6-8-22(11-15(14)25-18)9-13-10-23-7-2-1-3-16(23)19-13/h1-3,7,10,12H,4-6,8-9,11H2,(H,20,21,24). The fraction of sp³-hybridized carbons (Fsp3) is 0.389. The quantitative estimate of drug-likeness (QED) is 0.783. The number of fused-ring (bicyclic) bond motifs is 2. The second-order valence-electron chi connectivity index (χ2n) is 6.81. The predicted octanol–water partition coefficient (Wildman–Crippen LogP) is 2.70. The van der Waals surface area contributed by atoms with Crippen LogP contribution in [0, 0.1) is 5.92 Å². The van der Waals surface area contributed by atoms with Crippen LogP contribution in [-0.4, -0.2) is 31.7 Å². The molecule has 1 amide bonds. The van der Waals surface area contributed by atoms with Gasteiger partial charge in [-0.1, -0.05) is 6.07 Å². The topological polar surface area (TPSA) is 62.5 Å². The monoisotopic (exact) mass is 353 g/mol. The molecule has 3 aromatic rings. The average molecular weight is 353 g/mol. The van der Waals surface area contributed by atoms with E-state index >= 15 is 0 Å². The van der Waals surface area contributed by atoms with E-state index in [9.17, 15) is 4.79 Å². The predicted molar refractivity (Wildman–Crippen MR) is 96.5 cm³/mol. The SMILES string of the molecule is O=C(Nc1nc2c(s1)CN(Cc1cn3ccccc3n1)CC2)C1CC1. The number of pyridine rings is 1. The van der Waals surface area contributed by atoms with Crippen LogP contribution in [0.3, 0.4) is 0 Å². The largest absolute Gasteiger partial charge is 0.307 e. The van der Waals surface area contributed by atoms with Gasteiger partial charge in [-0.2, -0.15) is 0 Å². The Morgan fingerprint density at radius 2 is 2.24 bits per heavy atom. The number of carbonyl (C=O) groups excluding carboxylic acids is 1. The van der Waals surface area contributed by atoms with E-state index in [1.807, 2.05) is 24.4 Å². The third-order valence-corrected chi connectivity index (χ3v) is 5.79. The minimum atomic E-state index is 0.132. The van der Waals surface area contributed by atoms with Gasteiger partial charge in [0, 0.05) is 49.2 Å². The summed E-state index contributed by atoms with van der Waals surface area (Å²) in [5, 5.41) is 3.74. The zero-order chi connectivity index (χ0) is 16.8. The molecule has 0 radical (unpaired) electrons. The van der Waals surface area contributed by atoms with Gasteiger partial charge in [-0.25, -0.2) is 9.97 Å². The lowest BCUT2D eigenvalue weighted by Gasteiger charge is -2.24. The van der Waals surface area contributed by atoms with Crippen LogP contribution in [0.1, 0.15) is 29.1 Å². The van der Waals surface area contributed by atoms with Crippen molar-refractivity contribution in [1.82, 2.24) is 19.3 Å². The zero-order valence-corrected chi connectivity index (χ0v) is 14.6. The lowest BCUT2D eigenvalue weighted by atomic mass is 10.2. The molecule has 0 atom stereocenters. The van der Waals surface area contributed by atoms with Crippen molar-refractivity contribution in [2.75, 3.05) is 11.9 Å². The number of nitrogens with one attached hydrogen (secondary N) is 1. The first-order valence-electron chi connectivity index (χ1n) is 8.69. The van der Waals surface area contributed by atoms with Gasteiger partial charge in [0.15, 0.2) is 5.13 Å². The molecule has 6 nitrogen and oxygen atoms in total. The van der Waals surface area contributed by atoms with E-state index in [-0.39, 0.29) is 11.8 Å². The molecule has 0 unspecified atom stereocenters. The van der Waals surface area contributed by atoms with Crippen molar-refractivity contribution < 1.29 is 4.79 Å². The highest BCUT2D eigenvalue weighted by Crippen LogP contribution is 2.33. The summed E-state index contributed by atoms with van der Waals surface area (Å²) in [5.74, 6) is 0.347. The van der Waals surface area contributed by atoms with E-state index in [0.29, 0.717) is 0 Å². The molecule has 128 valence electrons. The van der Waals surface area contributed by atoms with Gasteiger partial charge in [0.2, 0.25) is 5.91 Å². The number of carbonyl (C=O) groups is 1. The Morgan fingerprint density at radius 3 is 3.08 bits per heavy atom. The number of imidazole rings is 1. The Balaban J connectivity index is 1.28. The summed E-state index contributed by atoms with van der Waals surface area (Å²) < 4.78 is 2.06. The molecule has 0 aromatic carbocycles. The third-order valence-electron chi connectivity index (χ3n) is 4.79. The smallest absolute Gasteiger partial charge is 0.229 e. The first-order valence-corrected chi connectivity index (χ1v) is 9.51. The highest BCUT2D eigenvalue weighted by atomic mass is 32.1. The molecule has 25 heavy (non-hydrogen) atoms. The number of nitrogens with zero attached hydrogens (tertiary/aromatic N) is 4. The van der Waals surface area contributed by atoms with Crippen LogP contribution in [0.25, 0.3) is 5.65 Å². The van der Waals surface area contributed by atoms with Gasteiger partial charge in [-0.15, -0.1) is 11.3 Å². The molecular formula is C18H19N5OS. The number of hydrogen-bond donors (Lipinski definition) is 1. The van der Waals surface area contributed by atoms with E-state index in [0.717, 1.165) is 61.1 Å². The second kappa shape index (κ2) is 5.93. The minimum absolute atomic E-state index is 0.132. The van der Waals surface area contributed by atoms with Gasteiger partial charge < -0.3 is 9.72 Å². The molecule has 0 spiro atoms. The highest BCUT2D eigenvalue weighted by molar-refractivity contribution is 7.15. The summed E-state index contributed by atoms with van der Waals surface area (Å²) in [7, 11) is 0. The summed E-state index contributed by atoms with van der Waals surface area (Å²) in [4.78, 5) is 24.9. The van der Waals surface area contributed by atoms with Crippen molar-refractivity contribution >= 4 is 28.0 Å². The van der Waals surface area contributed by atoms with Crippen LogP contribution in [0.2, 0.25) is 0 Å². The molecule has 1 aliphatic carbocycles. The van der Waals surface area contributed by atoms with Crippen molar-refractivity contribution in [3.63, 3.8) is 0 Å². The van der Waals surface area contributed by atoms with E-state index < -0.39 is 0 Å². The van der Waals surface area contributed by atoms with Crippen molar-refractivity contribution in [2.24, 2.45) is 5.92 Å². The molecular weight excluding hydrogens is 334 g/mol. The maximum atomic E-state index is 11.9.